The van der Waals surface area contributed by atoms with E-state index in [4.69, 9.17) is 4.74 Å². The first-order chi connectivity index (χ1) is 7.99. The third-order valence-corrected chi connectivity index (χ3v) is 2.40. The van der Waals surface area contributed by atoms with Crippen molar-refractivity contribution in [3.8, 4) is 5.75 Å². The Balaban J connectivity index is 3.01. The van der Waals surface area contributed by atoms with Crippen LogP contribution in [0.2, 0.25) is 0 Å². The van der Waals surface area contributed by atoms with E-state index in [1.54, 1.807) is 6.08 Å². The summed E-state index contributed by atoms with van der Waals surface area (Å²) in [7, 11) is 1.23. The van der Waals surface area contributed by atoms with E-state index >= 15 is 0 Å². The number of rotatable bonds is 4. The molecule has 0 atom stereocenters. The van der Waals surface area contributed by atoms with E-state index in [0.29, 0.717) is 11.3 Å². The van der Waals surface area contributed by atoms with Crippen LogP contribution in [0.3, 0.4) is 0 Å². The van der Waals surface area contributed by atoms with Gasteiger partial charge in [-0.15, -0.1) is 0 Å². The molecule has 0 saturated carbocycles. The van der Waals surface area contributed by atoms with Gasteiger partial charge in [-0.2, -0.15) is 25.8 Å². The molecule has 17 heavy (non-hydrogen) atoms. The molecule has 0 aromatic heterocycles. The van der Waals surface area contributed by atoms with Gasteiger partial charge in [0.15, 0.2) is 0 Å². The van der Waals surface area contributed by atoms with Crippen LogP contribution in [-0.2, 0) is 6.18 Å². The first-order valence-corrected chi connectivity index (χ1v) is 5.65. The average Bonchev–Trinajstić information content (AvgIpc) is 2.28. The van der Waals surface area contributed by atoms with Crippen molar-refractivity contribution in [2.24, 2.45) is 0 Å². The van der Waals surface area contributed by atoms with Crippen LogP contribution in [0.1, 0.15) is 17.5 Å². The summed E-state index contributed by atoms with van der Waals surface area (Å²) in [6.07, 6.45) is -0.0148. The highest BCUT2D eigenvalue weighted by atomic mass is 32.1. The van der Waals surface area contributed by atoms with Crippen LogP contribution in [0.5, 0.6) is 5.75 Å². The summed E-state index contributed by atoms with van der Waals surface area (Å²) in [5, 5.41) is 0. The number of thiol groups is 1. The lowest BCUT2D eigenvalue weighted by molar-refractivity contribution is -0.138. The average molecular weight is 262 g/mol. The minimum absolute atomic E-state index is 0.162. The number of hydrogen-bond acceptors (Lipinski definition) is 2. The highest BCUT2D eigenvalue weighted by molar-refractivity contribution is 7.80. The molecule has 0 spiro atoms. The van der Waals surface area contributed by atoms with Crippen LogP contribution in [0.4, 0.5) is 13.2 Å². The standard InChI is InChI=1S/C12H13F3OS/c1-16-11-8-9(4-2-3-7-17)5-6-10(11)12(13,14)15/h2,4-6,8,17H,3,7H2,1H3. The summed E-state index contributed by atoms with van der Waals surface area (Å²) < 4.78 is 42.4. The summed E-state index contributed by atoms with van der Waals surface area (Å²) in [6.45, 7) is 0. The van der Waals surface area contributed by atoms with Gasteiger partial charge in [0, 0.05) is 0 Å². The second-order valence-corrected chi connectivity index (χ2v) is 3.82. The smallest absolute Gasteiger partial charge is 0.419 e. The second kappa shape index (κ2) is 6.00. The fourth-order valence-electron chi connectivity index (χ4n) is 1.34. The molecule has 1 nitrogen and oxygen atoms in total. The van der Waals surface area contributed by atoms with Crippen LogP contribution in [0.25, 0.3) is 6.08 Å². The van der Waals surface area contributed by atoms with Crippen LogP contribution < -0.4 is 4.74 Å². The molecule has 0 unspecified atom stereocenters. The van der Waals surface area contributed by atoms with Gasteiger partial charge in [0.25, 0.3) is 0 Å². The van der Waals surface area contributed by atoms with Crippen molar-refractivity contribution >= 4 is 18.7 Å². The monoisotopic (exact) mass is 262 g/mol. The third kappa shape index (κ3) is 4.00. The Labute approximate surface area is 104 Å². The van der Waals surface area contributed by atoms with E-state index in [2.05, 4.69) is 12.6 Å². The normalized spacial score (nSPS) is 12.1. The Hall–Kier alpha value is -1.10. The summed E-state index contributed by atoms with van der Waals surface area (Å²) in [5.74, 6) is 0.541. The Morgan fingerprint density at radius 3 is 2.59 bits per heavy atom. The van der Waals surface area contributed by atoms with Crippen LogP contribution >= 0.6 is 12.6 Å². The molecular formula is C12H13F3OS. The van der Waals surface area contributed by atoms with Crippen molar-refractivity contribution in [1.29, 1.82) is 0 Å². The van der Waals surface area contributed by atoms with Crippen LogP contribution in [-0.4, -0.2) is 12.9 Å². The topological polar surface area (TPSA) is 9.23 Å². The quantitative estimate of drug-likeness (QED) is 0.805. The number of ether oxygens (including phenoxy) is 1. The van der Waals surface area contributed by atoms with Gasteiger partial charge >= 0.3 is 6.18 Å². The SMILES string of the molecule is COc1cc(C=CCCS)ccc1C(F)(F)F. The van der Waals surface area contributed by atoms with Gasteiger partial charge in [0.05, 0.1) is 12.7 Å². The number of allylic oxidation sites excluding steroid dienone is 1. The number of alkyl halides is 3. The van der Waals surface area contributed by atoms with Gasteiger partial charge in [0.2, 0.25) is 0 Å². The molecular weight excluding hydrogens is 249 g/mol. The molecule has 0 N–H and O–H groups in total. The molecule has 1 aromatic carbocycles. The third-order valence-electron chi connectivity index (χ3n) is 2.14. The van der Waals surface area contributed by atoms with E-state index < -0.39 is 11.7 Å². The van der Waals surface area contributed by atoms with Gasteiger partial charge in [-0.25, -0.2) is 0 Å². The number of benzene rings is 1. The van der Waals surface area contributed by atoms with E-state index in [1.165, 1.54) is 19.2 Å². The summed E-state index contributed by atoms with van der Waals surface area (Å²) in [5.41, 5.74) is -0.0806. The van der Waals surface area contributed by atoms with Gasteiger partial charge in [-0.05, 0) is 29.9 Å². The van der Waals surface area contributed by atoms with E-state index in [9.17, 15) is 13.2 Å². The Bertz CT molecular complexity index is 399. The van der Waals surface area contributed by atoms with Crippen molar-refractivity contribution in [3.63, 3.8) is 0 Å². The maximum atomic E-state index is 12.6. The van der Waals surface area contributed by atoms with E-state index in [0.717, 1.165) is 12.5 Å². The van der Waals surface area contributed by atoms with Gasteiger partial charge in [-0.1, -0.05) is 18.2 Å². The molecule has 0 amide bonds. The molecule has 1 aromatic rings. The molecule has 0 aliphatic heterocycles. The van der Waals surface area contributed by atoms with Crippen molar-refractivity contribution < 1.29 is 17.9 Å². The van der Waals surface area contributed by atoms with Crippen molar-refractivity contribution in [3.05, 3.63) is 35.4 Å². The molecule has 0 aliphatic rings. The Morgan fingerprint density at radius 1 is 1.35 bits per heavy atom. The van der Waals surface area contributed by atoms with Crippen LogP contribution in [0.15, 0.2) is 24.3 Å². The fraction of sp³-hybridized carbons (Fsp3) is 0.333. The zero-order chi connectivity index (χ0) is 12.9. The lowest BCUT2D eigenvalue weighted by Crippen LogP contribution is -2.07. The predicted molar refractivity (Wildman–Crippen MR) is 65.5 cm³/mol. The minimum atomic E-state index is -4.39. The number of halogens is 3. The van der Waals surface area contributed by atoms with Crippen LogP contribution in [0, 0.1) is 0 Å². The zero-order valence-corrected chi connectivity index (χ0v) is 10.2. The van der Waals surface area contributed by atoms with Crippen molar-refractivity contribution in [2.75, 3.05) is 12.9 Å². The second-order valence-electron chi connectivity index (χ2n) is 3.37. The lowest BCUT2D eigenvalue weighted by Gasteiger charge is -2.12. The number of methoxy groups -OCH3 is 1. The molecule has 1 rings (SSSR count). The molecule has 0 heterocycles. The molecule has 94 valence electrons. The maximum absolute atomic E-state index is 12.6. The Morgan fingerprint density at radius 2 is 2.06 bits per heavy atom. The molecule has 0 aliphatic carbocycles. The molecule has 0 bridgehead atoms. The first-order valence-electron chi connectivity index (χ1n) is 5.01. The van der Waals surface area contributed by atoms with E-state index in [1.807, 2.05) is 6.08 Å². The van der Waals surface area contributed by atoms with Gasteiger partial charge < -0.3 is 4.74 Å². The first kappa shape index (κ1) is 14.0. The highest BCUT2D eigenvalue weighted by Crippen LogP contribution is 2.36. The molecule has 0 fully saturated rings. The van der Waals surface area contributed by atoms with Gasteiger partial charge in [0.1, 0.15) is 5.75 Å². The van der Waals surface area contributed by atoms with Crippen molar-refractivity contribution in [2.45, 2.75) is 12.6 Å². The predicted octanol–water partition coefficient (Wildman–Crippen LogP) is 4.05. The van der Waals surface area contributed by atoms with Crippen molar-refractivity contribution in [1.82, 2.24) is 0 Å². The minimum Gasteiger partial charge on any atom is -0.496 e. The maximum Gasteiger partial charge on any atom is 0.419 e. The molecule has 0 saturated heterocycles. The fourth-order valence-corrected chi connectivity index (χ4v) is 1.49. The summed E-state index contributed by atoms with van der Waals surface area (Å²) in [4.78, 5) is 0. The molecule has 0 radical (unpaired) electrons. The van der Waals surface area contributed by atoms with E-state index in [-0.39, 0.29) is 5.75 Å². The summed E-state index contributed by atoms with van der Waals surface area (Å²) >= 11 is 4.04. The zero-order valence-electron chi connectivity index (χ0n) is 9.29. The van der Waals surface area contributed by atoms with Gasteiger partial charge in [-0.3, -0.25) is 0 Å². The molecule has 5 heteroatoms. The lowest BCUT2D eigenvalue weighted by atomic mass is 10.1. The Kier molecular flexibility index (Phi) is 4.93. The summed E-state index contributed by atoms with van der Waals surface area (Å²) in [6, 6.07) is 3.82. The number of hydrogen-bond donors (Lipinski definition) is 1. The highest BCUT2D eigenvalue weighted by Gasteiger charge is 2.34. The largest absolute Gasteiger partial charge is 0.496 e.